The number of rotatable bonds is 20. The van der Waals surface area contributed by atoms with E-state index < -0.39 is 0 Å². The number of thiophene rings is 2. The summed E-state index contributed by atoms with van der Waals surface area (Å²) < 4.78 is 0.0535. The Morgan fingerprint density at radius 3 is 1.81 bits per heavy atom. The number of hydrogen-bond acceptors (Lipinski definition) is 4. The molecular formula is C44H56S4. The molecule has 0 bridgehead atoms. The first kappa shape index (κ1) is 38.6. The largest absolute Gasteiger partial charge is 0.143 e. The van der Waals surface area contributed by atoms with Crippen LogP contribution >= 0.6 is 46.2 Å². The van der Waals surface area contributed by atoms with Gasteiger partial charge in [-0.05, 0) is 109 Å². The molecular weight excluding hydrogens is 657 g/mol. The SMILES string of the molecule is C=Cc1ccc(CC(C)(CCCC)CC(c2ccc(CC(C)(CCC)SC(=C)c3cccs3)cc2)C(C)(C)SC(=C)c2cccs2)cc1. The Hall–Kier alpha value is -2.24. The average molecular weight is 713 g/mol. The summed E-state index contributed by atoms with van der Waals surface area (Å²) in [7, 11) is 0. The van der Waals surface area contributed by atoms with E-state index in [4.69, 9.17) is 0 Å². The van der Waals surface area contributed by atoms with Crippen molar-refractivity contribution in [2.45, 2.75) is 108 Å². The van der Waals surface area contributed by atoms with Crippen LogP contribution in [0.1, 0.15) is 118 Å². The molecule has 0 aliphatic heterocycles. The average Bonchev–Trinajstić information content (AvgIpc) is 3.79. The normalized spacial score (nSPS) is 15.0. The van der Waals surface area contributed by atoms with Crippen molar-refractivity contribution >= 4 is 62.1 Å². The second kappa shape index (κ2) is 17.6. The summed E-state index contributed by atoms with van der Waals surface area (Å²) in [5, 5.41) is 4.30. The van der Waals surface area contributed by atoms with E-state index in [1.165, 1.54) is 61.1 Å². The third-order valence-corrected chi connectivity index (χ3v) is 14.3. The molecule has 0 saturated carbocycles. The van der Waals surface area contributed by atoms with Crippen molar-refractivity contribution in [3.63, 3.8) is 0 Å². The Bertz CT molecular complexity index is 1570. The van der Waals surface area contributed by atoms with Crippen LogP contribution in [0, 0.1) is 5.41 Å². The third-order valence-electron chi connectivity index (χ3n) is 9.60. The fraction of sp³-hybridized carbons (Fsp3) is 0.409. The zero-order valence-corrected chi connectivity index (χ0v) is 33.4. The van der Waals surface area contributed by atoms with E-state index in [-0.39, 0.29) is 14.9 Å². The molecule has 256 valence electrons. The molecule has 0 amide bonds. The minimum Gasteiger partial charge on any atom is -0.143 e. The van der Waals surface area contributed by atoms with Gasteiger partial charge in [-0.2, -0.15) is 0 Å². The second-order valence-electron chi connectivity index (χ2n) is 14.5. The molecule has 48 heavy (non-hydrogen) atoms. The van der Waals surface area contributed by atoms with Crippen molar-refractivity contribution in [3.8, 4) is 0 Å². The van der Waals surface area contributed by atoms with E-state index in [0.717, 1.165) is 32.1 Å². The minimum absolute atomic E-state index is 0.0478. The standard InChI is InChI=1S/C44H56S4/c1-10-13-27-43(8,30-36-20-18-35(12-3)19-21-36)32-39(42(6,7)47-33(4)40-16-14-28-45-40)38-24-22-37(23-25-38)31-44(9,26-11-2)48-34(5)41-17-15-29-46-41/h12,14-25,28-29,39H,3-5,10-11,13,26-27,30-32H2,1-2,6-9H3. The molecule has 0 N–H and O–H groups in total. The van der Waals surface area contributed by atoms with Gasteiger partial charge in [-0.3, -0.25) is 0 Å². The van der Waals surface area contributed by atoms with Gasteiger partial charge in [0.2, 0.25) is 0 Å². The van der Waals surface area contributed by atoms with Crippen molar-refractivity contribution in [3.05, 3.63) is 135 Å². The van der Waals surface area contributed by atoms with E-state index in [1.807, 2.05) is 29.6 Å². The van der Waals surface area contributed by atoms with Crippen LogP contribution in [-0.2, 0) is 12.8 Å². The van der Waals surface area contributed by atoms with Gasteiger partial charge in [0, 0.05) is 29.1 Å². The van der Waals surface area contributed by atoms with E-state index in [0.29, 0.717) is 5.92 Å². The molecule has 4 rings (SSSR count). The van der Waals surface area contributed by atoms with Gasteiger partial charge in [-0.15, -0.1) is 46.2 Å². The first-order valence-electron chi connectivity index (χ1n) is 17.5. The molecule has 3 unspecified atom stereocenters. The van der Waals surface area contributed by atoms with Gasteiger partial charge in [-0.25, -0.2) is 0 Å². The molecule has 3 atom stereocenters. The van der Waals surface area contributed by atoms with E-state index in [2.05, 4.69) is 145 Å². The highest BCUT2D eigenvalue weighted by Crippen LogP contribution is 2.52. The molecule has 0 radical (unpaired) electrons. The summed E-state index contributed by atoms with van der Waals surface area (Å²) in [5.41, 5.74) is 5.60. The molecule has 0 fully saturated rings. The number of unbranched alkanes of at least 4 members (excludes halogenated alkanes) is 1. The maximum atomic E-state index is 4.56. The zero-order chi connectivity index (χ0) is 34.8. The first-order chi connectivity index (χ1) is 22.9. The summed E-state index contributed by atoms with van der Waals surface area (Å²) in [6.45, 7) is 27.5. The Labute approximate surface area is 309 Å². The summed E-state index contributed by atoms with van der Waals surface area (Å²) in [6, 6.07) is 27.4. The summed E-state index contributed by atoms with van der Waals surface area (Å²) >= 11 is 7.49. The first-order valence-corrected chi connectivity index (χ1v) is 20.9. The molecule has 0 aliphatic rings. The Morgan fingerprint density at radius 2 is 1.29 bits per heavy atom. The predicted octanol–water partition coefficient (Wildman–Crippen LogP) is 15.1. The second-order valence-corrected chi connectivity index (χ2v) is 19.8. The summed E-state index contributed by atoms with van der Waals surface area (Å²) in [6.07, 6.45) is 11.2. The highest BCUT2D eigenvalue weighted by molar-refractivity contribution is 8.10. The van der Waals surface area contributed by atoms with E-state index in [9.17, 15) is 0 Å². The van der Waals surface area contributed by atoms with Crippen molar-refractivity contribution < 1.29 is 0 Å². The van der Waals surface area contributed by atoms with Crippen LogP contribution in [-0.4, -0.2) is 9.49 Å². The van der Waals surface area contributed by atoms with Gasteiger partial charge in [-0.1, -0.05) is 127 Å². The van der Waals surface area contributed by atoms with Gasteiger partial charge in [0.15, 0.2) is 0 Å². The maximum absolute atomic E-state index is 4.56. The monoisotopic (exact) mass is 712 g/mol. The third kappa shape index (κ3) is 10.9. The van der Waals surface area contributed by atoms with E-state index in [1.54, 1.807) is 22.7 Å². The molecule has 2 aromatic heterocycles. The maximum Gasteiger partial charge on any atom is 0.0400 e. The Morgan fingerprint density at radius 1 is 0.729 bits per heavy atom. The fourth-order valence-electron chi connectivity index (χ4n) is 7.05. The summed E-state index contributed by atoms with van der Waals surface area (Å²) in [5.74, 6) is 0.359. The molecule has 0 saturated heterocycles. The van der Waals surface area contributed by atoms with Gasteiger partial charge < -0.3 is 0 Å². The highest BCUT2D eigenvalue weighted by atomic mass is 32.2. The lowest BCUT2D eigenvalue weighted by Crippen LogP contribution is -2.32. The van der Waals surface area contributed by atoms with E-state index >= 15 is 0 Å². The Balaban J connectivity index is 1.64. The van der Waals surface area contributed by atoms with Crippen LogP contribution in [0.4, 0.5) is 0 Å². The Kier molecular flexibility index (Phi) is 14.1. The van der Waals surface area contributed by atoms with Crippen LogP contribution in [0.2, 0.25) is 0 Å². The van der Waals surface area contributed by atoms with Crippen LogP contribution < -0.4 is 0 Å². The van der Waals surface area contributed by atoms with Crippen molar-refractivity contribution in [2.75, 3.05) is 0 Å². The van der Waals surface area contributed by atoms with Crippen LogP contribution in [0.25, 0.3) is 15.9 Å². The lowest BCUT2D eigenvalue weighted by atomic mass is 9.69. The number of hydrogen-bond donors (Lipinski definition) is 0. The lowest BCUT2D eigenvalue weighted by molar-refractivity contribution is 0.227. The smallest absolute Gasteiger partial charge is 0.0400 e. The van der Waals surface area contributed by atoms with Gasteiger partial charge in [0.25, 0.3) is 0 Å². The molecule has 0 spiro atoms. The topological polar surface area (TPSA) is 0 Å². The number of thioether (sulfide) groups is 2. The molecule has 2 aromatic carbocycles. The van der Waals surface area contributed by atoms with Gasteiger partial charge in [0.05, 0.1) is 0 Å². The van der Waals surface area contributed by atoms with Crippen LogP contribution in [0.3, 0.4) is 0 Å². The molecule has 0 aliphatic carbocycles. The van der Waals surface area contributed by atoms with Crippen molar-refractivity contribution in [2.24, 2.45) is 5.41 Å². The zero-order valence-electron chi connectivity index (χ0n) is 30.1. The van der Waals surface area contributed by atoms with Crippen molar-refractivity contribution in [1.82, 2.24) is 0 Å². The lowest BCUT2D eigenvalue weighted by Gasteiger charge is -2.41. The quantitative estimate of drug-likeness (QED) is 0.0895. The fourth-order valence-corrected chi connectivity index (χ4v) is 11.3. The minimum atomic E-state index is -0.0478. The number of benzene rings is 2. The highest BCUT2D eigenvalue weighted by Gasteiger charge is 2.38. The van der Waals surface area contributed by atoms with Gasteiger partial charge in [0.1, 0.15) is 0 Å². The van der Waals surface area contributed by atoms with Gasteiger partial charge >= 0.3 is 0 Å². The molecule has 4 aromatic rings. The predicted molar refractivity (Wildman–Crippen MR) is 225 cm³/mol. The van der Waals surface area contributed by atoms with Crippen LogP contribution in [0.5, 0.6) is 0 Å². The van der Waals surface area contributed by atoms with Crippen LogP contribution in [0.15, 0.2) is 103 Å². The summed E-state index contributed by atoms with van der Waals surface area (Å²) in [4.78, 5) is 4.92. The molecule has 2 heterocycles. The van der Waals surface area contributed by atoms with Crippen molar-refractivity contribution in [1.29, 1.82) is 0 Å². The molecule has 4 heteroatoms. The molecule has 0 nitrogen and oxygen atoms in total.